The summed E-state index contributed by atoms with van der Waals surface area (Å²) in [6.07, 6.45) is 2.95. The van der Waals surface area contributed by atoms with Crippen LogP contribution in [0.25, 0.3) is 0 Å². The van der Waals surface area contributed by atoms with Crippen molar-refractivity contribution in [2.45, 2.75) is 33.2 Å². The zero-order chi connectivity index (χ0) is 14.7. The van der Waals surface area contributed by atoms with Crippen LogP contribution in [0.3, 0.4) is 0 Å². The third-order valence-electron chi connectivity index (χ3n) is 2.89. The maximum atomic E-state index is 5.68. The lowest BCUT2D eigenvalue weighted by Gasteiger charge is -2.13. The van der Waals surface area contributed by atoms with E-state index in [9.17, 15) is 0 Å². The summed E-state index contributed by atoms with van der Waals surface area (Å²) < 4.78 is 0. The van der Waals surface area contributed by atoms with Gasteiger partial charge in [-0.3, -0.25) is 0 Å². The average Bonchev–Trinajstić information content (AvgIpc) is 2.86. The van der Waals surface area contributed by atoms with Crippen molar-refractivity contribution in [2.24, 2.45) is 5.73 Å². The summed E-state index contributed by atoms with van der Waals surface area (Å²) in [4.78, 5) is 10.6. The highest BCUT2D eigenvalue weighted by Gasteiger charge is 2.11. The number of nitrogens with two attached hydrogens (primary N) is 1. The second-order valence-electron chi connectivity index (χ2n) is 4.63. The predicted molar refractivity (Wildman–Crippen MR) is 88.4 cm³/mol. The van der Waals surface area contributed by atoms with Crippen LogP contribution in [0, 0.1) is 6.92 Å². The van der Waals surface area contributed by atoms with Gasteiger partial charge in [0.2, 0.25) is 0 Å². The van der Waals surface area contributed by atoms with Gasteiger partial charge >= 0.3 is 0 Å². The van der Waals surface area contributed by atoms with Crippen LogP contribution < -0.4 is 11.1 Å². The molecule has 0 spiro atoms. The number of thiocarbonyl (C=S) groups is 1. The number of nitrogens with zero attached hydrogens (tertiary/aromatic N) is 2. The fourth-order valence-corrected chi connectivity index (χ4v) is 2.83. The summed E-state index contributed by atoms with van der Waals surface area (Å²) in [5.74, 6) is 0.772. The molecule has 6 heteroatoms. The van der Waals surface area contributed by atoms with Crippen LogP contribution in [0.4, 0.5) is 5.82 Å². The monoisotopic (exact) mass is 306 g/mol. The molecule has 0 aromatic carbocycles. The summed E-state index contributed by atoms with van der Waals surface area (Å²) in [6.45, 7) is 6.13. The molecule has 3 N–H and O–H groups in total. The molecule has 0 saturated heterocycles. The van der Waals surface area contributed by atoms with Crippen molar-refractivity contribution in [1.29, 1.82) is 0 Å². The Morgan fingerprint density at radius 1 is 1.50 bits per heavy atom. The molecule has 0 aliphatic carbocycles. The quantitative estimate of drug-likeness (QED) is 0.830. The third kappa shape index (κ3) is 3.52. The van der Waals surface area contributed by atoms with Crippen LogP contribution in [0.1, 0.15) is 41.0 Å². The minimum absolute atomic E-state index is 0.105. The fraction of sp³-hybridized carbons (Fsp3) is 0.357. The first-order chi connectivity index (χ1) is 9.49. The second-order valence-corrected chi connectivity index (χ2v) is 6.22. The van der Waals surface area contributed by atoms with Gasteiger partial charge in [0.1, 0.15) is 15.8 Å². The lowest BCUT2D eigenvalue weighted by molar-refractivity contribution is 0.858. The number of anilines is 1. The molecular weight excluding hydrogens is 288 g/mol. The standard InChI is InChI=1S/C14H18N4S2/c1-4-11-7-16-14(20-11)9(3)18-12-6-10(13(15)19)5-8(2)17-12/h5-7,9H,4H2,1-3H3,(H2,15,19)(H,17,18). The van der Waals surface area contributed by atoms with E-state index in [-0.39, 0.29) is 6.04 Å². The van der Waals surface area contributed by atoms with Gasteiger partial charge in [-0.25, -0.2) is 9.97 Å². The summed E-state index contributed by atoms with van der Waals surface area (Å²) in [5, 5.41) is 4.41. The molecule has 2 rings (SSSR count). The number of hydrogen-bond donors (Lipinski definition) is 2. The number of hydrogen-bond acceptors (Lipinski definition) is 5. The minimum atomic E-state index is 0.105. The molecule has 2 heterocycles. The number of pyridine rings is 1. The molecule has 0 amide bonds. The van der Waals surface area contributed by atoms with E-state index < -0.39 is 0 Å². The Labute approximate surface area is 128 Å². The lowest BCUT2D eigenvalue weighted by atomic mass is 10.2. The van der Waals surface area contributed by atoms with Crippen molar-refractivity contribution in [3.63, 3.8) is 0 Å². The minimum Gasteiger partial charge on any atom is -0.389 e. The number of thiazole rings is 1. The van der Waals surface area contributed by atoms with Crippen molar-refractivity contribution < 1.29 is 0 Å². The van der Waals surface area contributed by atoms with E-state index in [1.807, 2.05) is 25.3 Å². The molecule has 0 radical (unpaired) electrons. The highest BCUT2D eigenvalue weighted by Crippen LogP contribution is 2.23. The van der Waals surface area contributed by atoms with Crippen molar-refractivity contribution >= 4 is 34.4 Å². The third-order valence-corrected chi connectivity index (χ3v) is 4.45. The first kappa shape index (κ1) is 14.9. The number of aromatic nitrogens is 2. The molecule has 4 nitrogen and oxygen atoms in total. The topological polar surface area (TPSA) is 63.8 Å². The first-order valence-electron chi connectivity index (χ1n) is 6.49. The second kappa shape index (κ2) is 6.28. The molecule has 0 aliphatic rings. The van der Waals surface area contributed by atoms with Crippen molar-refractivity contribution in [3.8, 4) is 0 Å². The van der Waals surface area contributed by atoms with Crippen molar-refractivity contribution in [1.82, 2.24) is 9.97 Å². The zero-order valence-corrected chi connectivity index (χ0v) is 13.4. The zero-order valence-electron chi connectivity index (χ0n) is 11.8. The van der Waals surface area contributed by atoms with Gasteiger partial charge in [-0.1, -0.05) is 19.1 Å². The SMILES string of the molecule is CCc1cnc(C(C)Nc2cc(C(N)=S)cc(C)n2)s1. The Hall–Kier alpha value is -1.53. The summed E-state index contributed by atoms with van der Waals surface area (Å²) in [7, 11) is 0. The van der Waals surface area contributed by atoms with Gasteiger partial charge in [0, 0.05) is 22.3 Å². The van der Waals surface area contributed by atoms with Gasteiger partial charge in [-0.15, -0.1) is 11.3 Å². The first-order valence-corrected chi connectivity index (χ1v) is 7.71. The van der Waals surface area contributed by atoms with Gasteiger partial charge < -0.3 is 11.1 Å². The van der Waals surface area contributed by atoms with Crippen LogP contribution >= 0.6 is 23.6 Å². The normalized spacial score (nSPS) is 12.2. The van der Waals surface area contributed by atoms with Crippen LogP contribution in [0.15, 0.2) is 18.3 Å². The maximum Gasteiger partial charge on any atom is 0.127 e. The van der Waals surface area contributed by atoms with Crippen molar-refractivity contribution in [3.05, 3.63) is 39.5 Å². The molecule has 0 saturated carbocycles. The van der Waals surface area contributed by atoms with Crippen LogP contribution in [0.2, 0.25) is 0 Å². The number of aryl methyl sites for hydroxylation is 2. The highest BCUT2D eigenvalue weighted by molar-refractivity contribution is 7.80. The molecule has 1 atom stereocenters. The van der Waals surface area contributed by atoms with Gasteiger partial charge in [-0.05, 0) is 32.4 Å². The molecule has 0 fully saturated rings. The van der Waals surface area contributed by atoms with E-state index in [2.05, 4.69) is 29.1 Å². The van der Waals surface area contributed by atoms with E-state index in [4.69, 9.17) is 18.0 Å². The van der Waals surface area contributed by atoms with Crippen molar-refractivity contribution in [2.75, 3.05) is 5.32 Å². The molecule has 106 valence electrons. The van der Waals surface area contributed by atoms with E-state index in [0.29, 0.717) is 4.99 Å². The Bertz CT molecular complexity index is 621. The molecule has 0 bridgehead atoms. The predicted octanol–water partition coefficient (Wildman–Crippen LogP) is 3.22. The van der Waals surface area contributed by atoms with Gasteiger partial charge in [-0.2, -0.15) is 0 Å². The molecule has 20 heavy (non-hydrogen) atoms. The Morgan fingerprint density at radius 2 is 2.25 bits per heavy atom. The summed E-state index contributed by atoms with van der Waals surface area (Å²) >= 11 is 6.74. The van der Waals surface area contributed by atoms with Crippen LogP contribution in [-0.2, 0) is 6.42 Å². The van der Waals surface area contributed by atoms with E-state index in [0.717, 1.165) is 28.5 Å². The molecule has 1 unspecified atom stereocenters. The van der Waals surface area contributed by atoms with Gasteiger partial charge in [0.05, 0.1) is 6.04 Å². The van der Waals surface area contributed by atoms with E-state index >= 15 is 0 Å². The smallest absolute Gasteiger partial charge is 0.127 e. The Morgan fingerprint density at radius 3 is 2.85 bits per heavy atom. The summed E-state index contributed by atoms with van der Waals surface area (Å²) in [6, 6.07) is 3.87. The lowest BCUT2D eigenvalue weighted by Crippen LogP contribution is -2.13. The molecule has 0 aliphatic heterocycles. The Balaban J connectivity index is 2.18. The summed E-state index contributed by atoms with van der Waals surface area (Å²) in [5.41, 5.74) is 7.40. The molecular formula is C14H18N4S2. The highest BCUT2D eigenvalue weighted by atomic mass is 32.1. The number of nitrogens with one attached hydrogen (secondary N) is 1. The van der Waals surface area contributed by atoms with Crippen LogP contribution in [0.5, 0.6) is 0 Å². The molecule has 2 aromatic rings. The maximum absolute atomic E-state index is 5.68. The van der Waals surface area contributed by atoms with E-state index in [1.165, 1.54) is 4.88 Å². The van der Waals surface area contributed by atoms with E-state index in [1.54, 1.807) is 11.3 Å². The fourth-order valence-electron chi connectivity index (χ4n) is 1.85. The number of rotatable bonds is 5. The molecule has 2 aromatic heterocycles. The largest absolute Gasteiger partial charge is 0.389 e. The van der Waals surface area contributed by atoms with Gasteiger partial charge in [0.15, 0.2) is 0 Å². The average molecular weight is 306 g/mol. The van der Waals surface area contributed by atoms with Gasteiger partial charge in [0.25, 0.3) is 0 Å². The van der Waals surface area contributed by atoms with Crippen LogP contribution in [-0.4, -0.2) is 15.0 Å². The Kier molecular flexibility index (Phi) is 4.67.